The fourth-order valence-corrected chi connectivity index (χ4v) is 3.38. The molecule has 0 radical (unpaired) electrons. The summed E-state index contributed by atoms with van der Waals surface area (Å²) in [6, 6.07) is 7.19. The SMILES string of the molecule is O=C(COC(=O)CN1C(=O)c2cc(Cl)c(Cl)cc2C1=O)Nc1ccc2[nH]c(=O)[nH]c2c1. The van der Waals surface area contributed by atoms with Crippen molar-refractivity contribution >= 4 is 63.6 Å². The number of anilines is 1. The van der Waals surface area contributed by atoms with Crippen LogP contribution in [0.25, 0.3) is 11.0 Å². The number of imide groups is 1. The summed E-state index contributed by atoms with van der Waals surface area (Å²) in [5.74, 6) is -3.03. The Morgan fingerprint density at radius 2 is 1.55 bits per heavy atom. The maximum absolute atomic E-state index is 12.4. The molecule has 2 heterocycles. The van der Waals surface area contributed by atoms with Gasteiger partial charge >= 0.3 is 11.7 Å². The zero-order valence-corrected chi connectivity index (χ0v) is 17.0. The fraction of sp³-hybridized carbons (Fsp3) is 0.105. The average Bonchev–Trinajstić information content (AvgIpc) is 3.19. The molecule has 0 saturated carbocycles. The first-order chi connectivity index (χ1) is 14.7. The molecule has 0 unspecified atom stereocenters. The lowest BCUT2D eigenvalue weighted by molar-refractivity contribution is -0.147. The number of carbonyl (C=O) groups excluding carboxylic acids is 4. The van der Waals surface area contributed by atoms with Crippen LogP contribution in [0.2, 0.25) is 10.0 Å². The highest BCUT2D eigenvalue weighted by molar-refractivity contribution is 6.43. The summed E-state index contributed by atoms with van der Waals surface area (Å²) in [6.07, 6.45) is 0. The molecular formula is C19H12Cl2N4O6. The summed E-state index contributed by atoms with van der Waals surface area (Å²) in [7, 11) is 0. The Balaban J connectivity index is 1.34. The third-order valence-corrected chi connectivity index (χ3v) is 5.18. The number of imidazole rings is 1. The summed E-state index contributed by atoms with van der Waals surface area (Å²) < 4.78 is 4.86. The lowest BCUT2D eigenvalue weighted by Gasteiger charge is -2.13. The van der Waals surface area contributed by atoms with Crippen molar-refractivity contribution in [3.05, 3.63) is 62.0 Å². The molecule has 1 aromatic heterocycles. The standard InChI is InChI=1S/C19H12Cl2N4O6/c20-11-4-9-10(5-12(11)21)18(29)25(17(9)28)6-16(27)31-7-15(26)22-8-1-2-13-14(3-8)24-19(30)23-13/h1-5H,6-7H2,(H,22,26)(H2,23,24,30). The molecule has 10 nitrogen and oxygen atoms in total. The molecule has 3 amide bonds. The van der Waals surface area contributed by atoms with Crippen LogP contribution in [0.5, 0.6) is 0 Å². The number of H-pyrrole nitrogens is 2. The van der Waals surface area contributed by atoms with Crippen molar-refractivity contribution in [2.24, 2.45) is 0 Å². The molecule has 1 aliphatic heterocycles. The molecule has 0 atom stereocenters. The second-order valence-corrected chi connectivity index (χ2v) is 7.37. The zero-order chi connectivity index (χ0) is 22.3. The van der Waals surface area contributed by atoms with Crippen LogP contribution in [-0.2, 0) is 14.3 Å². The molecular weight excluding hydrogens is 451 g/mol. The van der Waals surface area contributed by atoms with Crippen molar-refractivity contribution in [3.8, 4) is 0 Å². The van der Waals surface area contributed by atoms with Gasteiger partial charge in [-0.1, -0.05) is 23.2 Å². The number of amides is 3. The van der Waals surface area contributed by atoms with Gasteiger partial charge in [-0.3, -0.25) is 24.1 Å². The van der Waals surface area contributed by atoms with E-state index in [0.717, 1.165) is 0 Å². The molecule has 31 heavy (non-hydrogen) atoms. The number of halogens is 2. The van der Waals surface area contributed by atoms with Crippen molar-refractivity contribution in [2.75, 3.05) is 18.5 Å². The van der Waals surface area contributed by atoms with Gasteiger partial charge in [0.25, 0.3) is 17.7 Å². The smallest absolute Gasteiger partial charge is 0.326 e. The number of hydrogen-bond donors (Lipinski definition) is 3. The molecule has 3 aromatic rings. The first-order valence-electron chi connectivity index (χ1n) is 8.75. The Bertz CT molecular complexity index is 1290. The monoisotopic (exact) mass is 462 g/mol. The molecule has 1 aliphatic rings. The Kier molecular flexibility index (Phi) is 5.25. The van der Waals surface area contributed by atoms with Gasteiger partial charge in [0.05, 0.1) is 32.2 Å². The number of benzene rings is 2. The number of nitrogens with one attached hydrogen (secondary N) is 3. The maximum atomic E-state index is 12.4. The summed E-state index contributed by atoms with van der Waals surface area (Å²) in [5, 5.41) is 2.71. The van der Waals surface area contributed by atoms with E-state index in [1.165, 1.54) is 18.2 Å². The molecule has 0 saturated heterocycles. The van der Waals surface area contributed by atoms with Crippen LogP contribution >= 0.6 is 23.2 Å². The first-order valence-corrected chi connectivity index (χ1v) is 9.51. The minimum atomic E-state index is -0.952. The highest BCUT2D eigenvalue weighted by Gasteiger charge is 2.37. The van der Waals surface area contributed by atoms with Gasteiger partial charge in [0, 0.05) is 5.69 Å². The highest BCUT2D eigenvalue weighted by Crippen LogP contribution is 2.31. The summed E-state index contributed by atoms with van der Waals surface area (Å²) >= 11 is 11.7. The van der Waals surface area contributed by atoms with E-state index in [1.54, 1.807) is 12.1 Å². The molecule has 158 valence electrons. The number of carbonyl (C=O) groups is 4. The van der Waals surface area contributed by atoms with E-state index in [-0.39, 0.29) is 26.9 Å². The molecule has 0 spiro atoms. The van der Waals surface area contributed by atoms with Crippen LogP contribution in [0.15, 0.2) is 35.1 Å². The van der Waals surface area contributed by atoms with Crippen LogP contribution in [0, 0.1) is 0 Å². The van der Waals surface area contributed by atoms with Gasteiger partial charge in [0.15, 0.2) is 6.61 Å². The number of esters is 1. The van der Waals surface area contributed by atoms with Crippen molar-refractivity contribution in [1.82, 2.24) is 14.9 Å². The minimum absolute atomic E-state index is 0.0307. The van der Waals surface area contributed by atoms with E-state index in [0.29, 0.717) is 21.6 Å². The molecule has 0 bridgehead atoms. The molecule has 0 fully saturated rings. The molecule has 12 heteroatoms. The number of fused-ring (bicyclic) bond motifs is 2. The van der Waals surface area contributed by atoms with Gasteiger partial charge in [-0.25, -0.2) is 4.79 Å². The van der Waals surface area contributed by atoms with E-state index < -0.39 is 36.8 Å². The number of rotatable bonds is 5. The van der Waals surface area contributed by atoms with Gasteiger partial charge in [0.2, 0.25) is 0 Å². The number of aromatic amines is 2. The Hall–Kier alpha value is -3.63. The van der Waals surface area contributed by atoms with Crippen molar-refractivity contribution in [1.29, 1.82) is 0 Å². The Morgan fingerprint density at radius 1 is 0.935 bits per heavy atom. The van der Waals surface area contributed by atoms with E-state index in [4.69, 9.17) is 27.9 Å². The van der Waals surface area contributed by atoms with E-state index in [2.05, 4.69) is 15.3 Å². The van der Waals surface area contributed by atoms with E-state index >= 15 is 0 Å². The van der Waals surface area contributed by atoms with Crippen LogP contribution < -0.4 is 11.0 Å². The topological polar surface area (TPSA) is 141 Å². The molecule has 4 rings (SSSR count). The largest absolute Gasteiger partial charge is 0.454 e. The number of ether oxygens (including phenoxy) is 1. The third-order valence-electron chi connectivity index (χ3n) is 4.46. The number of hydrogen-bond acceptors (Lipinski definition) is 6. The number of nitrogens with zero attached hydrogens (tertiary/aromatic N) is 1. The fourth-order valence-electron chi connectivity index (χ4n) is 3.06. The van der Waals surface area contributed by atoms with E-state index in [9.17, 15) is 24.0 Å². The summed E-state index contributed by atoms with van der Waals surface area (Å²) in [4.78, 5) is 65.9. The van der Waals surface area contributed by atoms with Gasteiger partial charge in [-0.05, 0) is 30.3 Å². The van der Waals surface area contributed by atoms with Crippen molar-refractivity contribution < 1.29 is 23.9 Å². The molecule has 3 N–H and O–H groups in total. The van der Waals surface area contributed by atoms with Crippen LogP contribution in [-0.4, -0.2) is 51.7 Å². The quantitative estimate of drug-likeness (QED) is 0.390. The highest BCUT2D eigenvalue weighted by atomic mass is 35.5. The molecule has 2 aromatic carbocycles. The third kappa shape index (κ3) is 4.03. The second-order valence-electron chi connectivity index (χ2n) is 6.56. The second kappa shape index (κ2) is 7.89. The van der Waals surface area contributed by atoms with Gasteiger partial charge in [-0.15, -0.1) is 0 Å². The average molecular weight is 463 g/mol. The Labute approximate surface area is 183 Å². The van der Waals surface area contributed by atoms with Crippen LogP contribution in [0.4, 0.5) is 5.69 Å². The van der Waals surface area contributed by atoms with E-state index in [1.807, 2.05) is 0 Å². The lowest BCUT2D eigenvalue weighted by atomic mass is 10.1. The van der Waals surface area contributed by atoms with Gasteiger partial charge < -0.3 is 20.0 Å². The predicted octanol–water partition coefficient (Wildman–Crippen LogP) is 1.94. The van der Waals surface area contributed by atoms with Crippen molar-refractivity contribution in [2.45, 2.75) is 0 Å². The zero-order valence-electron chi connectivity index (χ0n) is 15.5. The van der Waals surface area contributed by atoms with Gasteiger partial charge in [0.1, 0.15) is 6.54 Å². The predicted molar refractivity (Wildman–Crippen MR) is 110 cm³/mol. The maximum Gasteiger partial charge on any atom is 0.326 e. The van der Waals surface area contributed by atoms with Crippen LogP contribution in [0.1, 0.15) is 20.7 Å². The normalized spacial score (nSPS) is 12.9. The number of aromatic nitrogens is 2. The summed E-state index contributed by atoms with van der Waals surface area (Å²) in [6.45, 7) is -1.31. The summed E-state index contributed by atoms with van der Waals surface area (Å²) in [5.41, 5.74) is 1.11. The lowest BCUT2D eigenvalue weighted by Crippen LogP contribution is -2.36. The van der Waals surface area contributed by atoms with Crippen molar-refractivity contribution in [3.63, 3.8) is 0 Å². The van der Waals surface area contributed by atoms with Crippen LogP contribution in [0.3, 0.4) is 0 Å². The Morgan fingerprint density at radius 3 is 2.19 bits per heavy atom. The molecule has 0 aliphatic carbocycles. The first kappa shape index (κ1) is 20.6. The minimum Gasteiger partial charge on any atom is -0.454 e. The van der Waals surface area contributed by atoms with Gasteiger partial charge in [-0.2, -0.15) is 0 Å².